The third-order valence-corrected chi connectivity index (χ3v) is 6.44. The highest BCUT2D eigenvalue weighted by molar-refractivity contribution is 7.14. The number of nitrogens with one attached hydrogen (secondary N) is 1. The van der Waals surface area contributed by atoms with Crippen molar-refractivity contribution in [2.24, 2.45) is 0 Å². The molecule has 9 heteroatoms. The maximum absolute atomic E-state index is 12.5. The van der Waals surface area contributed by atoms with E-state index in [1.807, 2.05) is 53.2 Å². The summed E-state index contributed by atoms with van der Waals surface area (Å²) in [6, 6.07) is 13.1. The van der Waals surface area contributed by atoms with Gasteiger partial charge < -0.3 is 14.8 Å². The maximum Gasteiger partial charge on any atom is 0.232 e. The molecular formula is C22H18ClN3O3S2. The molecule has 2 aromatic carbocycles. The normalized spacial score (nSPS) is 10.7. The first-order chi connectivity index (χ1) is 15.1. The lowest BCUT2D eigenvalue weighted by atomic mass is 10.1. The Labute approximate surface area is 192 Å². The Hall–Kier alpha value is -2.94. The van der Waals surface area contributed by atoms with E-state index in [0.717, 1.165) is 21.8 Å². The molecule has 0 saturated carbocycles. The van der Waals surface area contributed by atoms with Crippen LogP contribution in [0.2, 0.25) is 5.02 Å². The number of benzene rings is 2. The summed E-state index contributed by atoms with van der Waals surface area (Å²) >= 11 is 9.06. The number of carbonyl (C=O) groups excluding carboxylic acids is 1. The SMILES string of the molecule is COc1ccc(-c2csc(NC(=O)Cc3csc(-c4ccccc4Cl)n3)n2)cc1OC. The number of carbonyl (C=O) groups is 1. The molecule has 2 aromatic heterocycles. The second kappa shape index (κ2) is 9.47. The minimum atomic E-state index is -0.177. The van der Waals surface area contributed by atoms with Crippen molar-refractivity contribution in [1.82, 2.24) is 9.97 Å². The van der Waals surface area contributed by atoms with Crippen LogP contribution >= 0.6 is 34.3 Å². The fourth-order valence-corrected chi connectivity index (χ4v) is 4.81. The first kappa shape index (κ1) is 21.3. The number of anilines is 1. The molecule has 0 aliphatic carbocycles. The van der Waals surface area contributed by atoms with Crippen LogP contribution in [0.15, 0.2) is 53.2 Å². The zero-order chi connectivity index (χ0) is 21.8. The van der Waals surface area contributed by atoms with Crippen molar-refractivity contribution in [1.29, 1.82) is 0 Å². The van der Waals surface area contributed by atoms with E-state index in [1.54, 1.807) is 14.2 Å². The summed E-state index contributed by atoms with van der Waals surface area (Å²) in [5.41, 5.74) is 3.17. The van der Waals surface area contributed by atoms with Gasteiger partial charge in [0, 0.05) is 21.9 Å². The van der Waals surface area contributed by atoms with E-state index < -0.39 is 0 Å². The number of nitrogens with zero attached hydrogens (tertiary/aromatic N) is 2. The number of hydrogen-bond donors (Lipinski definition) is 1. The Morgan fingerprint density at radius 1 is 1.03 bits per heavy atom. The number of methoxy groups -OCH3 is 2. The zero-order valence-electron chi connectivity index (χ0n) is 16.7. The van der Waals surface area contributed by atoms with Crippen molar-refractivity contribution in [3.63, 3.8) is 0 Å². The zero-order valence-corrected chi connectivity index (χ0v) is 19.1. The van der Waals surface area contributed by atoms with Gasteiger partial charge in [0.2, 0.25) is 5.91 Å². The van der Waals surface area contributed by atoms with Gasteiger partial charge in [-0.3, -0.25) is 4.79 Å². The predicted octanol–water partition coefficient (Wildman–Crippen LogP) is 5.79. The van der Waals surface area contributed by atoms with Crippen molar-refractivity contribution in [2.75, 3.05) is 19.5 Å². The monoisotopic (exact) mass is 471 g/mol. The van der Waals surface area contributed by atoms with Crippen LogP contribution in [0.25, 0.3) is 21.8 Å². The molecule has 0 atom stereocenters. The Bertz CT molecular complexity index is 1220. The summed E-state index contributed by atoms with van der Waals surface area (Å²) in [6.45, 7) is 0. The molecular weight excluding hydrogens is 454 g/mol. The molecule has 0 unspecified atom stereocenters. The molecule has 0 fully saturated rings. The lowest BCUT2D eigenvalue weighted by molar-refractivity contribution is -0.115. The number of hydrogen-bond acceptors (Lipinski definition) is 7. The first-order valence-corrected chi connectivity index (χ1v) is 11.4. The Morgan fingerprint density at radius 3 is 2.61 bits per heavy atom. The van der Waals surface area contributed by atoms with Crippen molar-refractivity contribution < 1.29 is 14.3 Å². The van der Waals surface area contributed by atoms with Gasteiger partial charge >= 0.3 is 0 Å². The third-order valence-electron chi connectivity index (χ3n) is 4.43. The molecule has 1 N–H and O–H groups in total. The lowest BCUT2D eigenvalue weighted by Crippen LogP contribution is -2.14. The summed E-state index contributed by atoms with van der Waals surface area (Å²) in [5.74, 6) is 1.09. The Morgan fingerprint density at radius 2 is 1.84 bits per heavy atom. The van der Waals surface area contributed by atoms with E-state index in [9.17, 15) is 4.79 Å². The van der Waals surface area contributed by atoms with Gasteiger partial charge in [0.05, 0.1) is 37.1 Å². The summed E-state index contributed by atoms with van der Waals surface area (Å²) in [4.78, 5) is 21.5. The Kier molecular flexibility index (Phi) is 6.50. The highest BCUT2D eigenvalue weighted by Gasteiger charge is 2.14. The average molecular weight is 472 g/mol. The highest BCUT2D eigenvalue weighted by atomic mass is 35.5. The molecule has 6 nitrogen and oxygen atoms in total. The second-order valence-electron chi connectivity index (χ2n) is 6.46. The molecule has 2 heterocycles. The van der Waals surface area contributed by atoms with E-state index in [2.05, 4.69) is 15.3 Å². The lowest BCUT2D eigenvalue weighted by Gasteiger charge is -2.08. The number of thiazole rings is 2. The van der Waals surface area contributed by atoms with Crippen LogP contribution < -0.4 is 14.8 Å². The van der Waals surface area contributed by atoms with E-state index in [0.29, 0.717) is 27.3 Å². The molecule has 31 heavy (non-hydrogen) atoms. The van der Waals surface area contributed by atoms with Gasteiger partial charge in [-0.15, -0.1) is 22.7 Å². The molecule has 158 valence electrons. The summed E-state index contributed by atoms with van der Waals surface area (Å²) < 4.78 is 10.6. The molecule has 1 amide bonds. The van der Waals surface area contributed by atoms with Gasteiger partial charge in [0.1, 0.15) is 5.01 Å². The van der Waals surface area contributed by atoms with Crippen LogP contribution in [-0.4, -0.2) is 30.1 Å². The first-order valence-electron chi connectivity index (χ1n) is 9.24. The van der Waals surface area contributed by atoms with Crippen molar-refractivity contribution in [3.8, 4) is 33.3 Å². The predicted molar refractivity (Wildman–Crippen MR) is 126 cm³/mol. The van der Waals surface area contributed by atoms with Crippen LogP contribution in [0.1, 0.15) is 5.69 Å². The minimum Gasteiger partial charge on any atom is -0.493 e. The largest absolute Gasteiger partial charge is 0.493 e. The van der Waals surface area contributed by atoms with E-state index >= 15 is 0 Å². The average Bonchev–Trinajstić information content (AvgIpc) is 3.43. The van der Waals surface area contributed by atoms with Crippen LogP contribution in [0, 0.1) is 0 Å². The molecule has 0 aliphatic heterocycles. The van der Waals surface area contributed by atoms with Gasteiger partial charge in [-0.2, -0.15) is 0 Å². The molecule has 0 bridgehead atoms. The molecule has 0 saturated heterocycles. The topological polar surface area (TPSA) is 73.3 Å². The smallest absolute Gasteiger partial charge is 0.232 e. The van der Waals surface area contributed by atoms with E-state index in [1.165, 1.54) is 22.7 Å². The molecule has 4 rings (SSSR count). The Balaban J connectivity index is 1.43. The fourth-order valence-electron chi connectivity index (χ4n) is 2.93. The standard InChI is InChI=1S/C22H18ClN3O3S2/c1-28-18-8-7-13(9-19(18)29-2)17-12-31-22(25-17)26-20(27)10-14-11-30-21(24-14)15-5-3-4-6-16(15)23/h3-9,11-12H,10H2,1-2H3,(H,25,26,27). The maximum atomic E-state index is 12.5. The number of halogens is 1. The van der Waals surface area contributed by atoms with Crippen LogP contribution in [0.4, 0.5) is 5.13 Å². The van der Waals surface area contributed by atoms with Gasteiger partial charge in [-0.1, -0.05) is 29.8 Å². The van der Waals surface area contributed by atoms with E-state index in [-0.39, 0.29) is 12.3 Å². The highest BCUT2D eigenvalue weighted by Crippen LogP contribution is 2.34. The number of rotatable bonds is 7. The van der Waals surface area contributed by atoms with Crippen LogP contribution in [-0.2, 0) is 11.2 Å². The quantitative estimate of drug-likeness (QED) is 0.369. The van der Waals surface area contributed by atoms with Gasteiger partial charge in [-0.25, -0.2) is 9.97 Å². The molecule has 0 aliphatic rings. The van der Waals surface area contributed by atoms with Crippen molar-refractivity contribution in [3.05, 3.63) is 63.9 Å². The van der Waals surface area contributed by atoms with Crippen LogP contribution in [0.3, 0.4) is 0 Å². The summed E-state index contributed by atoms with van der Waals surface area (Å²) in [5, 5.41) is 8.55. The summed E-state index contributed by atoms with van der Waals surface area (Å²) in [7, 11) is 3.18. The van der Waals surface area contributed by atoms with E-state index in [4.69, 9.17) is 21.1 Å². The van der Waals surface area contributed by atoms with Crippen LogP contribution in [0.5, 0.6) is 11.5 Å². The molecule has 4 aromatic rings. The minimum absolute atomic E-state index is 0.159. The molecule has 0 radical (unpaired) electrons. The second-order valence-corrected chi connectivity index (χ2v) is 8.58. The number of ether oxygens (including phenoxy) is 2. The van der Waals surface area contributed by atoms with Crippen molar-refractivity contribution >= 4 is 45.3 Å². The van der Waals surface area contributed by atoms with Gasteiger partial charge in [0.15, 0.2) is 16.6 Å². The van der Waals surface area contributed by atoms with Crippen molar-refractivity contribution in [2.45, 2.75) is 6.42 Å². The fraction of sp³-hybridized carbons (Fsp3) is 0.136. The summed E-state index contributed by atoms with van der Waals surface area (Å²) in [6.07, 6.45) is 0.159. The van der Waals surface area contributed by atoms with Gasteiger partial charge in [0.25, 0.3) is 0 Å². The van der Waals surface area contributed by atoms with Gasteiger partial charge in [-0.05, 0) is 24.3 Å². The number of aromatic nitrogens is 2. The molecule has 0 spiro atoms. The number of amides is 1. The third kappa shape index (κ3) is 4.87.